The van der Waals surface area contributed by atoms with Crippen LogP contribution in [-0.2, 0) is 20.7 Å². The molecule has 1 unspecified atom stereocenters. The predicted molar refractivity (Wildman–Crippen MR) is 106 cm³/mol. The predicted octanol–water partition coefficient (Wildman–Crippen LogP) is 1.74. The molecule has 0 aliphatic carbocycles. The summed E-state index contributed by atoms with van der Waals surface area (Å²) in [5, 5.41) is 2.85. The van der Waals surface area contributed by atoms with Crippen LogP contribution in [0.2, 0.25) is 0 Å². The van der Waals surface area contributed by atoms with Crippen LogP contribution in [0.15, 0.2) is 60.7 Å². The standard InChI is InChI=1S/C21H27N3O3/c1-24(17-11-7-4-8-12-17)21(26)19(13-16-9-5-3-6-10-16)23-20(25)14-18(15-22)27-2/h3-12,18-19H,13-15,22H2,1-2H3,(H,23,25)/t18?,19-/m0/s1. The Morgan fingerprint density at radius 2 is 1.67 bits per heavy atom. The van der Waals surface area contributed by atoms with Gasteiger partial charge in [0.05, 0.1) is 12.5 Å². The molecular weight excluding hydrogens is 342 g/mol. The first-order valence-corrected chi connectivity index (χ1v) is 8.94. The summed E-state index contributed by atoms with van der Waals surface area (Å²) in [4.78, 5) is 27.0. The van der Waals surface area contributed by atoms with Gasteiger partial charge in [-0.15, -0.1) is 0 Å². The minimum Gasteiger partial charge on any atom is -0.380 e. The molecule has 0 aliphatic heterocycles. The average molecular weight is 369 g/mol. The maximum Gasteiger partial charge on any atom is 0.249 e. The van der Waals surface area contributed by atoms with Crippen LogP contribution >= 0.6 is 0 Å². The van der Waals surface area contributed by atoms with E-state index in [-0.39, 0.29) is 30.9 Å². The fourth-order valence-corrected chi connectivity index (χ4v) is 2.79. The van der Waals surface area contributed by atoms with Crippen molar-refractivity contribution in [2.24, 2.45) is 5.73 Å². The summed E-state index contributed by atoms with van der Waals surface area (Å²) in [7, 11) is 3.22. The first-order chi connectivity index (χ1) is 13.0. The number of nitrogens with zero attached hydrogens (tertiary/aromatic N) is 1. The minimum absolute atomic E-state index is 0.112. The van der Waals surface area contributed by atoms with Gasteiger partial charge < -0.3 is 20.7 Å². The van der Waals surface area contributed by atoms with Crippen molar-refractivity contribution in [3.8, 4) is 0 Å². The first kappa shape index (κ1) is 20.6. The number of ether oxygens (including phenoxy) is 1. The van der Waals surface area contributed by atoms with E-state index in [1.54, 1.807) is 11.9 Å². The molecular formula is C21H27N3O3. The largest absolute Gasteiger partial charge is 0.380 e. The lowest BCUT2D eigenvalue weighted by Crippen LogP contribution is -2.49. The fourth-order valence-electron chi connectivity index (χ4n) is 2.79. The number of para-hydroxylation sites is 1. The molecule has 2 rings (SSSR count). The molecule has 0 heterocycles. The molecule has 144 valence electrons. The summed E-state index contributed by atoms with van der Waals surface area (Å²) < 4.78 is 5.17. The summed E-state index contributed by atoms with van der Waals surface area (Å²) in [5.74, 6) is -0.442. The van der Waals surface area contributed by atoms with Crippen LogP contribution in [0.25, 0.3) is 0 Å². The molecule has 0 fully saturated rings. The van der Waals surface area contributed by atoms with Crippen LogP contribution in [0.4, 0.5) is 5.69 Å². The van der Waals surface area contributed by atoms with Crippen molar-refractivity contribution in [2.75, 3.05) is 25.6 Å². The SMILES string of the molecule is COC(CN)CC(=O)N[C@@H](Cc1ccccc1)C(=O)N(C)c1ccccc1. The van der Waals surface area contributed by atoms with E-state index in [2.05, 4.69) is 5.32 Å². The van der Waals surface area contributed by atoms with E-state index in [9.17, 15) is 9.59 Å². The van der Waals surface area contributed by atoms with Crippen LogP contribution in [0, 0.1) is 0 Å². The molecule has 3 N–H and O–H groups in total. The summed E-state index contributed by atoms with van der Waals surface area (Å²) in [6.07, 6.45) is 0.146. The first-order valence-electron chi connectivity index (χ1n) is 8.94. The normalized spacial score (nSPS) is 12.9. The van der Waals surface area contributed by atoms with E-state index in [0.717, 1.165) is 11.3 Å². The van der Waals surface area contributed by atoms with E-state index in [4.69, 9.17) is 10.5 Å². The lowest BCUT2D eigenvalue weighted by atomic mass is 10.0. The van der Waals surface area contributed by atoms with Gasteiger partial charge >= 0.3 is 0 Å². The number of anilines is 1. The van der Waals surface area contributed by atoms with Gasteiger partial charge in [-0.3, -0.25) is 9.59 Å². The van der Waals surface area contributed by atoms with Crippen molar-refractivity contribution in [3.63, 3.8) is 0 Å². The van der Waals surface area contributed by atoms with E-state index >= 15 is 0 Å². The number of benzene rings is 2. The van der Waals surface area contributed by atoms with Gasteiger partial charge in [0.15, 0.2) is 0 Å². The zero-order chi connectivity index (χ0) is 19.6. The zero-order valence-electron chi connectivity index (χ0n) is 15.8. The average Bonchev–Trinajstić information content (AvgIpc) is 2.71. The lowest BCUT2D eigenvalue weighted by molar-refractivity contribution is -0.128. The maximum absolute atomic E-state index is 13.1. The van der Waals surface area contributed by atoms with Gasteiger partial charge in [-0.05, 0) is 17.7 Å². The van der Waals surface area contributed by atoms with Crippen LogP contribution in [-0.4, -0.2) is 44.7 Å². The number of nitrogens with two attached hydrogens (primary N) is 1. The van der Waals surface area contributed by atoms with Gasteiger partial charge in [0, 0.05) is 32.8 Å². The van der Waals surface area contributed by atoms with Gasteiger partial charge in [0.2, 0.25) is 11.8 Å². The number of rotatable bonds is 9. The zero-order valence-corrected chi connectivity index (χ0v) is 15.8. The number of methoxy groups -OCH3 is 1. The minimum atomic E-state index is -0.680. The Labute approximate surface area is 160 Å². The van der Waals surface area contributed by atoms with Crippen molar-refractivity contribution >= 4 is 17.5 Å². The molecule has 2 aromatic carbocycles. The molecule has 0 bridgehead atoms. The molecule has 0 aliphatic rings. The highest BCUT2D eigenvalue weighted by molar-refractivity contribution is 5.99. The van der Waals surface area contributed by atoms with E-state index in [1.165, 1.54) is 7.11 Å². The molecule has 2 aromatic rings. The van der Waals surface area contributed by atoms with Crippen molar-refractivity contribution in [1.82, 2.24) is 5.32 Å². The second kappa shape index (κ2) is 10.4. The van der Waals surface area contributed by atoms with E-state index < -0.39 is 6.04 Å². The summed E-state index contributed by atoms with van der Waals surface area (Å²) >= 11 is 0. The third kappa shape index (κ3) is 6.20. The van der Waals surface area contributed by atoms with E-state index in [1.807, 2.05) is 60.7 Å². The Kier molecular flexibility index (Phi) is 7.98. The highest BCUT2D eigenvalue weighted by Crippen LogP contribution is 2.14. The second-order valence-electron chi connectivity index (χ2n) is 6.34. The number of carbonyl (C=O) groups is 2. The fraction of sp³-hybridized carbons (Fsp3) is 0.333. The molecule has 0 spiro atoms. The maximum atomic E-state index is 13.1. The summed E-state index contributed by atoms with van der Waals surface area (Å²) in [6, 6.07) is 18.3. The molecule has 27 heavy (non-hydrogen) atoms. The second-order valence-corrected chi connectivity index (χ2v) is 6.34. The summed E-state index contributed by atoms with van der Waals surface area (Å²) in [5.41, 5.74) is 7.33. The smallest absolute Gasteiger partial charge is 0.249 e. The summed E-state index contributed by atoms with van der Waals surface area (Å²) in [6.45, 7) is 0.241. The lowest BCUT2D eigenvalue weighted by Gasteiger charge is -2.25. The highest BCUT2D eigenvalue weighted by atomic mass is 16.5. The Morgan fingerprint density at radius 3 is 2.22 bits per heavy atom. The van der Waals surface area contributed by atoms with Crippen LogP contribution in [0.5, 0.6) is 0 Å². The Bertz CT molecular complexity index is 718. The van der Waals surface area contributed by atoms with Crippen LogP contribution in [0.1, 0.15) is 12.0 Å². The Hall–Kier alpha value is -2.70. The third-order valence-electron chi connectivity index (χ3n) is 4.40. The molecule has 2 atom stereocenters. The Balaban J connectivity index is 2.15. The van der Waals surface area contributed by atoms with Crippen molar-refractivity contribution in [1.29, 1.82) is 0 Å². The molecule has 0 radical (unpaired) electrons. The van der Waals surface area contributed by atoms with Crippen molar-refractivity contribution in [2.45, 2.75) is 25.0 Å². The number of hydrogen-bond acceptors (Lipinski definition) is 4. The molecule has 0 aromatic heterocycles. The molecule has 6 nitrogen and oxygen atoms in total. The van der Waals surface area contributed by atoms with Crippen molar-refractivity contribution in [3.05, 3.63) is 66.2 Å². The van der Waals surface area contributed by atoms with Gasteiger partial charge in [-0.25, -0.2) is 0 Å². The molecule has 0 saturated carbocycles. The number of hydrogen-bond donors (Lipinski definition) is 2. The molecule has 6 heteroatoms. The Morgan fingerprint density at radius 1 is 1.07 bits per heavy atom. The highest BCUT2D eigenvalue weighted by Gasteiger charge is 2.26. The number of amides is 2. The van der Waals surface area contributed by atoms with Gasteiger partial charge in [0.25, 0.3) is 0 Å². The quantitative estimate of drug-likeness (QED) is 0.705. The van der Waals surface area contributed by atoms with Crippen molar-refractivity contribution < 1.29 is 14.3 Å². The topological polar surface area (TPSA) is 84.7 Å². The number of carbonyl (C=O) groups excluding carboxylic acids is 2. The van der Waals surface area contributed by atoms with E-state index in [0.29, 0.717) is 6.42 Å². The van der Waals surface area contributed by atoms with Gasteiger partial charge in [-0.1, -0.05) is 48.5 Å². The van der Waals surface area contributed by atoms with Gasteiger partial charge in [-0.2, -0.15) is 0 Å². The van der Waals surface area contributed by atoms with Gasteiger partial charge in [0.1, 0.15) is 6.04 Å². The monoisotopic (exact) mass is 369 g/mol. The number of likely N-dealkylation sites (N-methyl/N-ethyl adjacent to an activating group) is 1. The van der Waals surface area contributed by atoms with Crippen LogP contribution < -0.4 is 16.0 Å². The van der Waals surface area contributed by atoms with Crippen LogP contribution in [0.3, 0.4) is 0 Å². The molecule has 2 amide bonds. The third-order valence-corrected chi connectivity index (χ3v) is 4.40. The number of nitrogens with one attached hydrogen (secondary N) is 1. The molecule has 0 saturated heterocycles.